The van der Waals surface area contributed by atoms with Crippen LogP contribution in [0.3, 0.4) is 0 Å². The summed E-state index contributed by atoms with van der Waals surface area (Å²) in [6, 6.07) is 10.7. The van der Waals surface area contributed by atoms with Crippen LogP contribution in [0.25, 0.3) is 0 Å². The molecule has 1 aromatic rings. The fraction of sp³-hybridized carbons (Fsp3) is 0.538. The minimum Gasteiger partial charge on any atom is -0.316 e. The van der Waals surface area contributed by atoms with Crippen molar-refractivity contribution in [3.05, 3.63) is 35.9 Å². The molecule has 0 bridgehead atoms. The maximum absolute atomic E-state index is 3.41. The third-order valence-electron chi connectivity index (χ3n) is 3.03. The zero-order valence-corrected chi connectivity index (χ0v) is 9.45. The number of nitrogens with zero attached hydrogens (tertiary/aromatic N) is 1. The van der Waals surface area contributed by atoms with Gasteiger partial charge in [0, 0.05) is 13.1 Å². The maximum atomic E-state index is 3.41. The van der Waals surface area contributed by atoms with Crippen LogP contribution in [0, 0.1) is 5.92 Å². The van der Waals surface area contributed by atoms with E-state index in [-0.39, 0.29) is 0 Å². The first-order valence-electron chi connectivity index (χ1n) is 5.78. The summed E-state index contributed by atoms with van der Waals surface area (Å²) in [4.78, 5) is 2.42. The standard InChI is InChI=1S/C13H20N2/c1-15(11-13-7-8-14-9-13)10-12-5-3-2-4-6-12/h2-6,13-14H,7-11H2,1H3/t13-/m0/s1. The Morgan fingerprint density at radius 2 is 2.13 bits per heavy atom. The lowest BCUT2D eigenvalue weighted by molar-refractivity contribution is 0.278. The lowest BCUT2D eigenvalue weighted by Gasteiger charge is -2.20. The van der Waals surface area contributed by atoms with Gasteiger partial charge in [-0.15, -0.1) is 0 Å². The molecule has 1 heterocycles. The zero-order chi connectivity index (χ0) is 10.5. The third-order valence-corrected chi connectivity index (χ3v) is 3.03. The lowest BCUT2D eigenvalue weighted by Crippen LogP contribution is -2.26. The van der Waals surface area contributed by atoms with E-state index in [0.29, 0.717) is 0 Å². The van der Waals surface area contributed by atoms with E-state index in [9.17, 15) is 0 Å². The summed E-state index contributed by atoms with van der Waals surface area (Å²) in [7, 11) is 2.21. The van der Waals surface area contributed by atoms with E-state index in [2.05, 4.69) is 47.6 Å². The Morgan fingerprint density at radius 1 is 1.33 bits per heavy atom. The molecule has 82 valence electrons. The molecular weight excluding hydrogens is 184 g/mol. The normalized spacial score (nSPS) is 21.1. The zero-order valence-electron chi connectivity index (χ0n) is 9.45. The summed E-state index contributed by atoms with van der Waals surface area (Å²) in [6.45, 7) is 4.67. The Kier molecular flexibility index (Phi) is 3.75. The minimum atomic E-state index is 0.846. The van der Waals surface area contributed by atoms with Crippen molar-refractivity contribution < 1.29 is 0 Å². The van der Waals surface area contributed by atoms with Crippen molar-refractivity contribution in [2.45, 2.75) is 13.0 Å². The van der Waals surface area contributed by atoms with E-state index < -0.39 is 0 Å². The van der Waals surface area contributed by atoms with Crippen LogP contribution in [-0.2, 0) is 6.54 Å². The van der Waals surface area contributed by atoms with Crippen LogP contribution in [0.5, 0.6) is 0 Å². The van der Waals surface area contributed by atoms with Gasteiger partial charge in [-0.2, -0.15) is 0 Å². The molecule has 1 aromatic carbocycles. The van der Waals surface area contributed by atoms with Gasteiger partial charge in [0.05, 0.1) is 0 Å². The van der Waals surface area contributed by atoms with Gasteiger partial charge >= 0.3 is 0 Å². The number of benzene rings is 1. The van der Waals surface area contributed by atoms with E-state index in [1.807, 2.05) is 0 Å². The molecule has 0 aromatic heterocycles. The first-order chi connectivity index (χ1) is 7.34. The molecule has 2 nitrogen and oxygen atoms in total. The second kappa shape index (κ2) is 5.29. The lowest BCUT2D eigenvalue weighted by atomic mass is 10.1. The number of nitrogens with one attached hydrogen (secondary N) is 1. The molecule has 0 amide bonds. The summed E-state index contributed by atoms with van der Waals surface area (Å²) in [5.74, 6) is 0.846. The van der Waals surface area contributed by atoms with Crippen LogP contribution in [-0.4, -0.2) is 31.6 Å². The molecule has 1 N–H and O–H groups in total. The van der Waals surface area contributed by atoms with Gasteiger partial charge in [-0.1, -0.05) is 30.3 Å². The summed E-state index contributed by atoms with van der Waals surface area (Å²) >= 11 is 0. The van der Waals surface area contributed by atoms with Crippen molar-refractivity contribution in [2.75, 3.05) is 26.7 Å². The number of hydrogen-bond donors (Lipinski definition) is 1. The molecule has 0 radical (unpaired) electrons. The molecule has 0 saturated carbocycles. The second-order valence-corrected chi connectivity index (χ2v) is 4.54. The Bertz CT molecular complexity index is 278. The third kappa shape index (κ3) is 3.33. The second-order valence-electron chi connectivity index (χ2n) is 4.54. The number of hydrogen-bond acceptors (Lipinski definition) is 2. The van der Waals surface area contributed by atoms with Crippen molar-refractivity contribution in [3.8, 4) is 0 Å². The van der Waals surface area contributed by atoms with E-state index in [1.54, 1.807) is 0 Å². The van der Waals surface area contributed by atoms with Gasteiger partial charge in [-0.25, -0.2) is 0 Å². The van der Waals surface area contributed by atoms with Crippen molar-refractivity contribution >= 4 is 0 Å². The smallest absolute Gasteiger partial charge is 0.0230 e. The average Bonchev–Trinajstić information content (AvgIpc) is 2.71. The summed E-state index contributed by atoms with van der Waals surface area (Å²) in [6.07, 6.45) is 1.33. The first kappa shape index (κ1) is 10.7. The highest BCUT2D eigenvalue weighted by Gasteiger charge is 2.15. The van der Waals surface area contributed by atoms with Crippen molar-refractivity contribution in [2.24, 2.45) is 5.92 Å². The van der Waals surface area contributed by atoms with Crippen molar-refractivity contribution in [1.82, 2.24) is 10.2 Å². The topological polar surface area (TPSA) is 15.3 Å². The molecule has 0 spiro atoms. The summed E-state index contributed by atoms with van der Waals surface area (Å²) in [5, 5.41) is 3.41. The van der Waals surface area contributed by atoms with Crippen LogP contribution >= 0.6 is 0 Å². The Hall–Kier alpha value is -0.860. The summed E-state index contributed by atoms with van der Waals surface area (Å²) < 4.78 is 0. The number of rotatable bonds is 4. The Balaban J connectivity index is 1.79. The van der Waals surface area contributed by atoms with Crippen LogP contribution in [0.1, 0.15) is 12.0 Å². The van der Waals surface area contributed by atoms with Crippen LogP contribution in [0.15, 0.2) is 30.3 Å². The highest BCUT2D eigenvalue weighted by atomic mass is 15.1. The molecular formula is C13H20N2. The SMILES string of the molecule is CN(Cc1ccccc1)C[C@H]1CCNC1. The minimum absolute atomic E-state index is 0.846. The molecule has 1 aliphatic heterocycles. The average molecular weight is 204 g/mol. The Morgan fingerprint density at radius 3 is 2.80 bits per heavy atom. The van der Waals surface area contributed by atoms with Gasteiger partial charge in [0.2, 0.25) is 0 Å². The predicted octanol–water partition coefficient (Wildman–Crippen LogP) is 1.73. The fourth-order valence-electron chi connectivity index (χ4n) is 2.27. The van der Waals surface area contributed by atoms with Crippen LogP contribution in [0.4, 0.5) is 0 Å². The molecule has 1 aliphatic rings. The van der Waals surface area contributed by atoms with E-state index >= 15 is 0 Å². The van der Waals surface area contributed by atoms with Crippen LogP contribution < -0.4 is 5.32 Å². The maximum Gasteiger partial charge on any atom is 0.0230 e. The van der Waals surface area contributed by atoms with Crippen molar-refractivity contribution in [1.29, 1.82) is 0 Å². The fourth-order valence-corrected chi connectivity index (χ4v) is 2.27. The molecule has 1 fully saturated rings. The molecule has 1 atom stereocenters. The van der Waals surface area contributed by atoms with Gasteiger partial charge in [0.1, 0.15) is 0 Å². The quantitative estimate of drug-likeness (QED) is 0.803. The Labute approximate surface area is 92.3 Å². The van der Waals surface area contributed by atoms with Crippen molar-refractivity contribution in [3.63, 3.8) is 0 Å². The molecule has 15 heavy (non-hydrogen) atoms. The predicted molar refractivity (Wildman–Crippen MR) is 63.8 cm³/mol. The van der Waals surface area contributed by atoms with E-state index in [1.165, 1.54) is 31.6 Å². The highest BCUT2D eigenvalue weighted by molar-refractivity contribution is 5.14. The van der Waals surface area contributed by atoms with Gasteiger partial charge < -0.3 is 10.2 Å². The van der Waals surface area contributed by atoms with Crippen LogP contribution in [0.2, 0.25) is 0 Å². The molecule has 0 unspecified atom stereocenters. The molecule has 0 aliphatic carbocycles. The summed E-state index contributed by atoms with van der Waals surface area (Å²) in [5.41, 5.74) is 1.41. The first-order valence-corrected chi connectivity index (χ1v) is 5.78. The van der Waals surface area contributed by atoms with Gasteiger partial charge in [0.25, 0.3) is 0 Å². The van der Waals surface area contributed by atoms with E-state index in [0.717, 1.165) is 12.5 Å². The van der Waals surface area contributed by atoms with E-state index in [4.69, 9.17) is 0 Å². The molecule has 2 heteroatoms. The largest absolute Gasteiger partial charge is 0.316 e. The molecule has 1 saturated heterocycles. The van der Waals surface area contributed by atoms with Gasteiger partial charge in [0.15, 0.2) is 0 Å². The highest BCUT2D eigenvalue weighted by Crippen LogP contribution is 2.10. The van der Waals surface area contributed by atoms with Gasteiger partial charge in [-0.05, 0) is 38.0 Å². The monoisotopic (exact) mass is 204 g/mol. The van der Waals surface area contributed by atoms with Gasteiger partial charge in [-0.3, -0.25) is 0 Å². The molecule has 2 rings (SSSR count).